The van der Waals surface area contributed by atoms with Crippen molar-refractivity contribution in [2.45, 2.75) is 19.1 Å². The first-order valence-electron chi connectivity index (χ1n) is 6.65. The van der Waals surface area contributed by atoms with Gasteiger partial charge in [-0.1, -0.05) is 18.2 Å². The topological polar surface area (TPSA) is 40.8 Å². The Morgan fingerprint density at radius 3 is 2.50 bits per heavy atom. The SMILES string of the molecule is COC(OC)c1ccco1.c1ccc2c(c1)CCCO2. The van der Waals surface area contributed by atoms with E-state index in [1.165, 1.54) is 12.0 Å². The van der Waals surface area contributed by atoms with Gasteiger partial charge in [0.15, 0.2) is 5.76 Å². The molecule has 4 heteroatoms. The van der Waals surface area contributed by atoms with E-state index >= 15 is 0 Å². The van der Waals surface area contributed by atoms with Crippen LogP contribution in [0, 0.1) is 0 Å². The molecule has 2 heterocycles. The second-order valence-electron chi connectivity index (χ2n) is 4.38. The van der Waals surface area contributed by atoms with Gasteiger partial charge in [-0.25, -0.2) is 0 Å². The Morgan fingerprint density at radius 2 is 1.85 bits per heavy atom. The summed E-state index contributed by atoms with van der Waals surface area (Å²) in [5.41, 5.74) is 1.36. The molecule has 0 unspecified atom stereocenters. The monoisotopic (exact) mass is 276 g/mol. The second kappa shape index (κ2) is 7.72. The molecule has 20 heavy (non-hydrogen) atoms. The lowest BCUT2D eigenvalue weighted by Gasteiger charge is -2.15. The molecule has 0 spiro atoms. The molecule has 3 rings (SSSR count). The van der Waals surface area contributed by atoms with E-state index in [1.54, 1.807) is 32.6 Å². The maximum Gasteiger partial charge on any atom is 0.216 e. The average molecular weight is 276 g/mol. The van der Waals surface area contributed by atoms with Crippen molar-refractivity contribution in [3.05, 3.63) is 54.0 Å². The van der Waals surface area contributed by atoms with E-state index in [9.17, 15) is 0 Å². The fourth-order valence-electron chi connectivity index (χ4n) is 2.05. The van der Waals surface area contributed by atoms with E-state index in [1.807, 2.05) is 12.1 Å². The molecule has 0 fully saturated rings. The van der Waals surface area contributed by atoms with Crippen molar-refractivity contribution >= 4 is 0 Å². The number of furan rings is 1. The van der Waals surface area contributed by atoms with E-state index in [-0.39, 0.29) is 6.29 Å². The van der Waals surface area contributed by atoms with Gasteiger partial charge < -0.3 is 18.6 Å². The number of hydrogen-bond acceptors (Lipinski definition) is 4. The molecule has 0 aliphatic carbocycles. The van der Waals surface area contributed by atoms with Gasteiger partial charge in [0, 0.05) is 14.2 Å². The molecular formula is C16H20O4. The third kappa shape index (κ3) is 3.85. The number of aryl methyl sites for hydroxylation is 1. The number of hydrogen-bond donors (Lipinski definition) is 0. The van der Waals surface area contributed by atoms with E-state index in [2.05, 4.69) is 12.1 Å². The van der Waals surface area contributed by atoms with Crippen LogP contribution in [-0.4, -0.2) is 20.8 Å². The minimum Gasteiger partial charge on any atom is -0.493 e. The summed E-state index contributed by atoms with van der Waals surface area (Å²) in [6, 6.07) is 11.8. The van der Waals surface area contributed by atoms with Gasteiger partial charge in [0.25, 0.3) is 0 Å². The third-order valence-electron chi connectivity index (χ3n) is 3.02. The molecular weight excluding hydrogens is 256 g/mol. The number of fused-ring (bicyclic) bond motifs is 1. The lowest BCUT2D eigenvalue weighted by atomic mass is 10.1. The molecule has 0 N–H and O–H groups in total. The van der Waals surface area contributed by atoms with Crippen molar-refractivity contribution in [1.82, 2.24) is 0 Å². The summed E-state index contributed by atoms with van der Waals surface area (Å²) in [7, 11) is 3.13. The standard InChI is InChI=1S/C9H10O.C7H10O3/c1-2-6-9-8(4-1)5-3-7-10-9;1-8-7(9-2)6-4-3-5-10-6/h1-2,4,6H,3,5,7H2;3-5,7H,1-2H3. The van der Waals surface area contributed by atoms with Crippen LogP contribution in [0.4, 0.5) is 0 Å². The zero-order valence-corrected chi connectivity index (χ0v) is 11.9. The molecule has 0 saturated carbocycles. The van der Waals surface area contributed by atoms with E-state index in [0.717, 1.165) is 18.8 Å². The van der Waals surface area contributed by atoms with Gasteiger partial charge in [0.2, 0.25) is 6.29 Å². The molecule has 0 amide bonds. The zero-order valence-electron chi connectivity index (χ0n) is 11.9. The molecule has 0 bridgehead atoms. The van der Waals surface area contributed by atoms with E-state index in [0.29, 0.717) is 5.76 Å². The fourth-order valence-corrected chi connectivity index (χ4v) is 2.05. The van der Waals surface area contributed by atoms with Gasteiger partial charge >= 0.3 is 0 Å². The summed E-state index contributed by atoms with van der Waals surface area (Å²) in [5.74, 6) is 1.76. The largest absolute Gasteiger partial charge is 0.493 e. The molecule has 4 nitrogen and oxygen atoms in total. The first-order valence-corrected chi connectivity index (χ1v) is 6.65. The summed E-state index contributed by atoms with van der Waals surface area (Å²) < 4.78 is 20.3. The highest BCUT2D eigenvalue weighted by molar-refractivity contribution is 5.34. The van der Waals surface area contributed by atoms with Crippen LogP contribution in [0.5, 0.6) is 5.75 Å². The minimum atomic E-state index is -0.380. The summed E-state index contributed by atoms with van der Waals surface area (Å²) >= 11 is 0. The van der Waals surface area contributed by atoms with E-state index in [4.69, 9.17) is 18.6 Å². The van der Waals surface area contributed by atoms with Crippen molar-refractivity contribution < 1.29 is 18.6 Å². The highest BCUT2D eigenvalue weighted by atomic mass is 16.7. The van der Waals surface area contributed by atoms with Gasteiger partial charge in [0.05, 0.1) is 12.9 Å². The van der Waals surface area contributed by atoms with E-state index < -0.39 is 0 Å². The minimum absolute atomic E-state index is 0.380. The maximum atomic E-state index is 5.42. The Balaban J connectivity index is 0.000000147. The van der Waals surface area contributed by atoms with Crippen molar-refractivity contribution in [3.63, 3.8) is 0 Å². The molecule has 1 aliphatic rings. The van der Waals surface area contributed by atoms with Crippen LogP contribution < -0.4 is 4.74 Å². The van der Waals surface area contributed by atoms with Crippen LogP contribution in [0.3, 0.4) is 0 Å². The van der Waals surface area contributed by atoms with Gasteiger partial charge in [-0.15, -0.1) is 0 Å². The highest BCUT2D eigenvalue weighted by Crippen LogP contribution is 2.23. The number of para-hydroxylation sites is 1. The molecule has 1 aliphatic heterocycles. The molecule has 0 saturated heterocycles. The van der Waals surface area contributed by atoms with Crippen molar-refractivity contribution in [2.75, 3.05) is 20.8 Å². The number of rotatable bonds is 3. The zero-order chi connectivity index (χ0) is 14.2. The Hall–Kier alpha value is -1.78. The quantitative estimate of drug-likeness (QED) is 0.803. The first-order chi connectivity index (χ1) is 9.85. The normalized spacial score (nSPS) is 13.2. The molecule has 0 radical (unpaired) electrons. The van der Waals surface area contributed by atoms with Crippen molar-refractivity contribution in [2.24, 2.45) is 0 Å². The lowest BCUT2D eigenvalue weighted by molar-refractivity contribution is -0.117. The second-order valence-corrected chi connectivity index (χ2v) is 4.38. The van der Waals surface area contributed by atoms with Crippen LogP contribution in [0.25, 0.3) is 0 Å². The summed E-state index contributed by atoms with van der Waals surface area (Å²) in [6.07, 6.45) is 3.54. The van der Waals surface area contributed by atoms with Crippen LogP contribution in [0.15, 0.2) is 47.1 Å². The highest BCUT2D eigenvalue weighted by Gasteiger charge is 2.10. The molecule has 1 aromatic carbocycles. The smallest absolute Gasteiger partial charge is 0.216 e. The van der Waals surface area contributed by atoms with Crippen molar-refractivity contribution in [1.29, 1.82) is 0 Å². The van der Waals surface area contributed by atoms with Gasteiger partial charge in [-0.05, 0) is 36.6 Å². The Labute approximate surface area is 119 Å². The Kier molecular flexibility index (Phi) is 5.65. The number of benzene rings is 1. The van der Waals surface area contributed by atoms with Crippen LogP contribution in [0.1, 0.15) is 24.0 Å². The third-order valence-corrected chi connectivity index (χ3v) is 3.02. The number of ether oxygens (including phenoxy) is 3. The maximum absolute atomic E-state index is 5.42. The van der Waals surface area contributed by atoms with Crippen molar-refractivity contribution in [3.8, 4) is 5.75 Å². The predicted molar refractivity (Wildman–Crippen MR) is 75.7 cm³/mol. The first kappa shape index (κ1) is 14.6. The fraction of sp³-hybridized carbons (Fsp3) is 0.375. The average Bonchev–Trinajstić information content (AvgIpc) is 3.04. The molecule has 2 aromatic rings. The molecule has 0 atom stereocenters. The Morgan fingerprint density at radius 1 is 1.05 bits per heavy atom. The van der Waals surface area contributed by atoms with Gasteiger partial charge in [-0.2, -0.15) is 0 Å². The predicted octanol–water partition coefficient (Wildman–Crippen LogP) is 3.58. The van der Waals surface area contributed by atoms with Crippen LogP contribution >= 0.6 is 0 Å². The van der Waals surface area contributed by atoms with Crippen LogP contribution in [0.2, 0.25) is 0 Å². The summed E-state index contributed by atoms with van der Waals surface area (Å²) in [4.78, 5) is 0. The molecule has 1 aromatic heterocycles. The van der Waals surface area contributed by atoms with Gasteiger partial charge in [-0.3, -0.25) is 0 Å². The number of methoxy groups -OCH3 is 2. The van der Waals surface area contributed by atoms with Crippen LogP contribution in [-0.2, 0) is 15.9 Å². The lowest BCUT2D eigenvalue weighted by Crippen LogP contribution is -2.07. The summed E-state index contributed by atoms with van der Waals surface area (Å²) in [6.45, 7) is 0.886. The molecule has 108 valence electrons. The summed E-state index contributed by atoms with van der Waals surface area (Å²) in [5, 5.41) is 0. The Bertz CT molecular complexity index is 464. The van der Waals surface area contributed by atoms with Gasteiger partial charge in [0.1, 0.15) is 5.75 Å².